The lowest BCUT2D eigenvalue weighted by atomic mass is 9.97. The van der Waals surface area contributed by atoms with Crippen LogP contribution in [0.4, 0.5) is 0 Å². The molecule has 1 saturated heterocycles. The highest BCUT2D eigenvalue weighted by molar-refractivity contribution is 6.30. The number of piperidine rings is 1. The first-order valence-electron chi connectivity index (χ1n) is 12.0. The third kappa shape index (κ3) is 5.43. The lowest BCUT2D eigenvalue weighted by Gasteiger charge is -2.33. The number of amidine groups is 1. The van der Waals surface area contributed by atoms with Crippen LogP contribution >= 0.6 is 0 Å². The van der Waals surface area contributed by atoms with Crippen LogP contribution in [0, 0.1) is 5.41 Å². The number of allylic oxidation sites excluding steroid dienone is 1. The SMILES string of the molecule is C=CC(=O)N1CCCC(N/C(C=O)=C(C(=N)c2ccc3c(cnn3-c3ccccc3)c2)/C(N)=N\NC)C1. The van der Waals surface area contributed by atoms with Crippen LogP contribution in [0.15, 0.2) is 83.8 Å². The van der Waals surface area contributed by atoms with Gasteiger partial charge in [-0.15, -0.1) is 0 Å². The summed E-state index contributed by atoms with van der Waals surface area (Å²) in [6, 6.07) is 15.1. The van der Waals surface area contributed by atoms with Gasteiger partial charge in [0.25, 0.3) is 0 Å². The van der Waals surface area contributed by atoms with Crippen molar-refractivity contribution < 1.29 is 9.59 Å². The monoisotopic (exact) mass is 498 g/mol. The fourth-order valence-electron chi connectivity index (χ4n) is 4.49. The van der Waals surface area contributed by atoms with E-state index in [0.717, 1.165) is 29.4 Å². The van der Waals surface area contributed by atoms with Gasteiger partial charge in [-0.3, -0.25) is 15.0 Å². The van der Waals surface area contributed by atoms with Crippen molar-refractivity contribution in [3.05, 3.63) is 84.2 Å². The number of carbonyl (C=O) groups excluding carboxylic acids is 2. The molecule has 1 fully saturated rings. The zero-order chi connectivity index (χ0) is 26.4. The molecule has 2 heterocycles. The molecule has 2 aromatic carbocycles. The number of nitrogens with two attached hydrogens (primary N) is 1. The van der Waals surface area contributed by atoms with Crippen LogP contribution in [-0.2, 0) is 9.59 Å². The van der Waals surface area contributed by atoms with E-state index < -0.39 is 0 Å². The maximum Gasteiger partial charge on any atom is 0.246 e. The van der Waals surface area contributed by atoms with Gasteiger partial charge in [-0.1, -0.05) is 30.8 Å². The van der Waals surface area contributed by atoms with Crippen molar-refractivity contribution in [1.29, 1.82) is 5.41 Å². The van der Waals surface area contributed by atoms with E-state index in [1.807, 2.05) is 47.1 Å². The van der Waals surface area contributed by atoms with Gasteiger partial charge in [-0.05, 0) is 43.2 Å². The minimum absolute atomic E-state index is 0.00277. The number of nitrogens with zero attached hydrogens (tertiary/aromatic N) is 4. The van der Waals surface area contributed by atoms with Gasteiger partial charge < -0.3 is 21.4 Å². The number of likely N-dealkylation sites (tertiary alicyclic amines) is 1. The third-order valence-corrected chi connectivity index (χ3v) is 6.25. The molecule has 0 aliphatic carbocycles. The molecule has 3 aromatic rings. The normalized spacial score (nSPS) is 16.6. The molecule has 1 atom stereocenters. The summed E-state index contributed by atoms with van der Waals surface area (Å²) in [6.45, 7) is 4.60. The van der Waals surface area contributed by atoms with Gasteiger partial charge in [0, 0.05) is 37.1 Å². The van der Waals surface area contributed by atoms with Gasteiger partial charge >= 0.3 is 0 Å². The molecule has 1 aliphatic heterocycles. The van der Waals surface area contributed by atoms with Gasteiger partial charge in [0.2, 0.25) is 5.91 Å². The van der Waals surface area contributed by atoms with Crippen molar-refractivity contribution in [2.24, 2.45) is 10.8 Å². The van der Waals surface area contributed by atoms with Crippen LogP contribution in [0.5, 0.6) is 0 Å². The van der Waals surface area contributed by atoms with E-state index in [-0.39, 0.29) is 34.8 Å². The number of rotatable bonds is 9. The first-order valence-corrected chi connectivity index (χ1v) is 12.0. The van der Waals surface area contributed by atoms with Crippen molar-refractivity contribution >= 4 is 34.6 Å². The van der Waals surface area contributed by atoms with Gasteiger partial charge in [0.1, 0.15) is 0 Å². The molecule has 0 spiro atoms. The Kier molecular flexibility index (Phi) is 7.77. The first-order chi connectivity index (χ1) is 18.0. The molecule has 1 amide bonds. The first kappa shape index (κ1) is 25.4. The second-order valence-corrected chi connectivity index (χ2v) is 8.64. The van der Waals surface area contributed by atoms with Crippen molar-refractivity contribution in [3.63, 3.8) is 0 Å². The second-order valence-electron chi connectivity index (χ2n) is 8.64. The number of aromatic nitrogens is 2. The summed E-state index contributed by atoms with van der Waals surface area (Å²) in [7, 11) is 1.59. The highest BCUT2D eigenvalue weighted by atomic mass is 16.2. The summed E-state index contributed by atoms with van der Waals surface area (Å²) in [4.78, 5) is 26.0. The summed E-state index contributed by atoms with van der Waals surface area (Å²) in [5, 5.41) is 21.6. The zero-order valence-corrected chi connectivity index (χ0v) is 20.6. The summed E-state index contributed by atoms with van der Waals surface area (Å²) in [6.07, 6.45) is 5.19. The third-order valence-electron chi connectivity index (χ3n) is 6.25. The topological polar surface area (TPSA) is 141 Å². The van der Waals surface area contributed by atoms with E-state index in [4.69, 9.17) is 11.1 Å². The Hall–Kier alpha value is -4.73. The fraction of sp³-hybridized carbons (Fsp3) is 0.222. The number of hydrazone groups is 1. The highest BCUT2D eigenvalue weighted by Gasteiger charge is 2.25. The van der Waals surface area contributed by atoms with Crippen molar-refractivity contribution in [3.8, 4) is 5.69 Å². The summed E-state index contributed by atoms with van der Waals surface area (Å²) >= 11 is 0. The Morgan fingerprint density at radius 3 is 2.76 bits per heavy atom. The number of aldehydes is 1. The summed E-state index contributed by atoms with van der Waals surface area (Å²) < 4.78 is 1.83. The standard InChI is InChI=1S/C27H30N8O2/c1-3-24(37)34-13-7-8-20(16-34)32-22(17-36)25(27(29)33-30-2)26(28)18-11-12-23-19(14-18)15-31-35(23)21-9-5-4-6-10-21/h3-6,9-12,14-15,17,20,28,30,32H,1,7-8,13,16H2,2H3,(H2,29,33)/b25-22+,28-26?. The summed E-state index contributed by atoms with van der Waals surface area (Å²) in [5.74, 6) is -0.159. The number of benzene rings is 2. The van der Waals surface area contributed by atoms with E-state index in [1.54, 1.807) is 24.2 Å². The molecule has 0 saturated carbocycles. The number of carbonyl (C=O) groups is 2. The van der Waals surface area contributed by atoms with Gasteiger partial charge in [0.15, 0.2) is 12.1 Å². The van der Waals surface area contributed by atoms with E-state index in [1.165, 1.54) is 6.08 Å². The lowest BCUT2D eigenvalue weighted by molar-refractivity contribution is -0.127. The zero-order valence-electron chi connectivity index (χ0n) is 20.6. The van der Waals surface area contributed by atoms with E-state index in [2.05, 4.69) is 27.5 Å². The molecule has 0 bridgehead atoms. The molecule has 10 nitrogen and oxygen atoms in total. The smallest absolute Gasteiger partial charge is 0.246 e. The molecule has 1 unspecified atom stereocenters. The van der Waals surface area contributed by atoms with Crippen LogP contribution in [0.2, 0.25) is 0 Å². The highest BCUT2D eigenvalue weighted by Crippen LogP contribution is 2.22. The fourth-order valence-corrected chi connectivity index (χ4v) is 4.49. The predicted molar refractivity (Wildman–Crippen MR) is 145 cm³/mol. The average molecular weight is 499 g/mol. The molecular formula is C27H30N8O2. The number of amides is 1. The largest absolute Gasteiger partial charge is 0.382 e. The van der Waals surface area contributed by atoms with Gasteiger partial charge in [-0.2, -0.15) is 10.2 Å². The van der Waals surface area contributed by atoms with Crippen LogP contribution in [0.25, 0.3) is 16.6 Å². The van der Waals surface area contributed by atoms with E-state index >= 15 is 0 Å². The van der Waals surface area contributed by atoms with Gasteiger partial charge in [0.05, 0.1) is 34.4 Å². The molecular weight excluding hydrogens is 468 g/mol. The number of hydrogen-bond donors (Lipinski definition) is 4. The summed E-state index contributed by atoms with van der Waals surface area (Å²) in [5.41, 5.74) is 11.6. The van der Waals surface area contributed by atoms with E-state index in [0.29, 0.717) is 24.9 Å². The average Bonchev–Trinajstić information content (AvgIpc) is 3.36. The lowest BCUT2D eigenvalue weighted by Crippen LogP contribution is -2.48. The van der Waals surface area contributed by atoms with Crippen LogP contribution in [0.3, 0.4) is 0 Å². The van der Waals surface area contributed by atoms with Crippen molar-refractivity contribution in [1.82, 2.24) is 25.4 Å². The Morgan fingerprint density at radius 1 is 1.27 bits per heavy atom. The quantitative estimate of drug-likeness (QED) is 0.117. The van der Waals surface area contributed by atoms with Crippen LogP contribution < -0.4 is 16.5 Å². The number of para-hydroxylation sites is 1. The molecule has 4 rings (SSSR count). The molecule has 0 radical (unpaired) electrons. The Labute approximate surface area is 215 Å². The number of fused-ring (bicyclic) bond motifs is 1. The van der Waals surface area contributed by atoms with Crippen molar-refractivity contribution in [2.75, 3.05) is 20.1 Å². The molecule has 1 aliphatic rings. The van der Waals surface area contributed by atoms with E-state index in [9.17, 15) is 9.59 Å². The molecule has 10 heteroatoms. The Balaban J connectivity index is 1.69. The predicted octanol–water partition coefficient (Wildman–Crippen LogP) is 2.10. The molecule has 5 N–H and O–H groups in total. The number of hydrogen-bond acceptors (Lipinski definition) is 7. The molecule has 190 valence electrons. The molecule has 37 heavy (non-hydrogen) atoms. The minimum Gasteiger partial charge on any atom is -0.382 e. The maximum atomic E-state index is 12.3. The van der Waals surface area contributed by atoms with Crippen LogP contribution in [0.1, 0.15) is 18.4 Å². The minimum atomic E-state index is -0.186. The van der Waals surface area contributed by atoms with Crippen molar-refractivity contribution in [2.45, 2.75) is 18.9 Å². The second kappa shape index (κ2) is 11.3. The number of nitrogens with one attached hydrogen (secondary N) is 3. The Bertz CT molecular complexity index is 1390. The molecule has 1 aromatic heterocycles. The maximum absolute atomic E-state index is 12.3. The van der Waals surface area contributed by atoms with Gasteiger partial charge in [-0.25, -0.2) is 4.68 Å². The Morgan fingerprint density at radius 2 is 2.05 bits per heavy atom. The van der Waals surface area contributed by atoms with Crippen LogP contribution in [-0.4, -0.2) is 64.6 Å².